The second kappa shape index (κ2) is 4.77. The summed E-state index contributed by atoms with van der Waals surface area (Å²) in [7, 11) is 0. The maximum Gasteiger partial charge on any atom is 0.0261 e. The number of hydrogen-bond acceptors (Lipinski definition) is 1. The molecule has 1 heterocycles. The van der Waals surface area contributed by atoms with Crippen LogP contribution in [0.15, 0.2) is 18.2 Å². The summed E-state index contributed by atoms with van der Waals surface area (Å²) in [6, 6.07) is 6.81. The minimum atomic E-state index is 1.00. The molecule has 0 aromatic heterocycles. The molecule has 1 aromatic rings. The van der Waals surface area contributed by atoms with Crippen LogP contribution in [0.3, 0.4) is 0 Å². The average molecular weight is 203 g/mol. The predicted molar refractivity (Wildman–Crippen MR) is 63.1 cm³/mol. The standard InChI is InChI=1S/C13H19N2/c1-11-7-12(2)9-13(8-11)10-15-5-3-14-4-6-15/h7-9H,3-6,10H2,1-2H3. The molecule has 0 atom stereocenters. The van der Waals surface area contributed by atoms with E-state index in [0.717, 1.165) is 32.7 Å². The van der Waals surface area contributed by atoms with E-state index in [1.165, 1.54) is 16.7 Å². The first-order valence-corrected chi connectivity index (χ1v) is 5.67. The van der Waals surface area contributed by atoms with Gasteiger partial charge in [0.2, 0.25) is 0 Å². The van der Waals surface area contributed by atoms with Gasteiger partial charge in [-0.05, 0) is 19.4 Å². The highest BCUT2D eigenvalue weighted by molar-refractivity contribution is 5.28. The second-order valence-electron chi connectivity index (χ2n) is 4.44. The Kier molecular flexibility index (Phi) is 3.39. The third-order valence-corrected chi connectivity index (χ3v) is 2.84. The number of aryl methyl sites for hydroxylation is 2. The molecule has 0 aliphatic carbocycles. The van der Waals surface area contributed by atoms with Crippen LogP contribution in [0.1, 0.15) is 16.7 Å². The fourth-order valence-electron chi connectivity index (χ4n) is 2.22. The van der Waals surface area contributed by atoms with Gasteiger partial charge in [0.1, 0.15) is 0 Å². The molecule has 1 aliphatic rings. The highest BCUT2D eigenvalue weighted by atomic mass is 15.2. The smallest absolute Gasteiger partial charge is 0.0261 e. The van der Waals surface area contributed by atoms with Gasteiger partial charge in [0.25, 0.3) is 0 Å². The molecule has 0 unspecified atom stereocenters. The molecule has 1 fully saturated rings. The first-order chi connectivity index (χ1) is 7.24. The van der Waals surface area contributed by atoms with E-state index in [4.69, 9.17) is 0 Å². The number of nitrogens with zero attached hydrogens (tertiary/aromatic N) is 2. The molecule has 1 saturated heterocycles. The molecule has 15 heavy (non-hydrogen) atoms. The highest BCUT2D eigenvalue weighted by Gasteiger charge is 2.10. The molecular formula is C13H19N2. The van der Waals surface area contributed by atoms with E-state index in [-0.39, 0.29) is 0 Å². The molecule has 0 bridgehead atoms. The van der Waals surface area contributed by atoms with Gasteiger partial charge in [0.05, 0.1) is 0 Å². The van der Waals surface area contributed by atoms with E-state index in [2.05, 4.69) is 42.3 Å². The number of hydrogen-bond donors (Lipinski definition) is 0. The van der Waals surface area contributed by atoms with Gasteiger partial charge in [-0.15, -0.1) is 0 Å². The van der Waals surface area contributed by atoms with E-state index in [9.17, 15) is 0 Å². The highest BCUT2D eigenvalue weighted by Crippen LogP contribution is 2.11. The molecule has 0 N–H and O–H groups in total. The monoisotopic (exact) mass is 203 g/mol. The van der Waals surface area contributed by atoms with Crippen LogP contribution in [0.2, 0.25) is 0 Å². The lowest BCUT2D eigenvalue weighted by atomic mass is 10.1. The van der Waals surface area contributed by atoms with Gasteiger partial charge in [-0.1, -0.05) is 29.3 Å². The van der Waals surface area contributed by atoms with Crippen molar-refractivity contribution in [2.24, 2.45) is 0 Å². The van der Waals surface area contributed by atoms with Crippen LogP contribution in [0.25, 0.3) is 0 Å². The van der Waals surface area contributed by atoms with Crippen molar-refractivity contribution in [3.63, 3.8) is 0 Å². The summed E-state index contributed by atoms with van der Waals surface area (Å²) in [4.78, 5) is 2.49. The summed E-state index contributed by atoms with van der Waals surface area (Å²) >= 11 is 0. The summed E-state index contributed by atoms with van der Waals surface area (Å²) < 4.78 is 0. The Bertz CT molecular complexity index is 307. The minimum absolute atomic E-state index is 1.00. The molecule has 2 heteroatoms. The number of rotatable bonds is 2. The van der Waals surface area contributed by atoms with E-state index in [1.807, 2.05) is 0 Å². The fourth-order valence-corrected chi connectivity index (χ4v) is 2.22. The topological polar surface area (TPSA) is 17.3 Å². The van der Waals surface area contributed by atoms with Crippen molar-refractivity contribution < 1.29 is 0 Å². The maximum absolute atomic E-state index is 4.36. The third kappa shape index (κ3) is 3.05. The van der Waals surface area contributed by atoms with Crippen LogP contribution in [-0.2, 0) is 6.54 Å². The van der Waals surface area contributed by atoms with Gasteiger partial charge in [0.15, 0.2) is 0 Å². The second-order valence-corrected chi connectivity index (χ2v) is 4.44. The van der Waals surface area contributed by atoms with Gasteiger partial charge in [-0.2, -0.15) is 0 Å². The molecular weight excluding hydrogens is 184 g/mol. The summed E-state index contributed by atoms with van der Waals surface area (Å²) in [5.74, 6) is 0. The molecule has 1 aliphatic heterocycles. The van der Waals surface area contributed by atoms with Crippen molar-refractivity contribution in [2.45, 2.75) is 20.4 Å². The Labute approximate surface area is 92.3 Å². The van der Waals surface area contributed by atoms with Crippen molar-refractivity contribution in [1.82, 2.24) is 10.2 Å². The molecule has 0 amide bonds. The molecule has 81 valence electrons. The van der Waals surface area contributed by atoms with Crippen molar-refractivity contribution in [1.29, 1.82) is 0 Å². The lowest BCUT2D eigenvalue weighted by Gasteiger charge is -2.26. The number of benzene rings is 1. The lowest BCUT2D eigenvalue weighted by molar-refractivity contribution is 0.230. The van der Waals surface area contributed by atoms with Crippen molar-refractivity contribution >= 4 is 0 Å². The summed E-state index contributed by atoms with van der Waals surface area (Å²) in [6.45, 7) is 9.66. The van der Waals surface area contributed by atoms with Gasteiger partial charge in [0, 0.05) is 32.7 Å². The SMILES string of the molecule is Cc1cc(C)cc(CN2CC[N]CC2)c1. The molecule has 1 aromatic carbocycles. The van der Waals surface area contributed by atoms with Crippen LogP contribution in [0.5, 0.6) is 0 Å². The van der Waals surface area contributed by atoms with Crippen LogP contribution in [0, 0.1) is 13.8 Å². The van der Waals surface area contributed by atoms with E-state index < -0.39 is 0 Å². The first kappa shape index (κ1) is 10.7. The molecule has 0 spiro atoms. The maximum atomic E-state index is 4.36. The van der Waals surface area contributed by atoms with Crippen LogP contribution >= 0.6 is 0 Å². The molecule has 0 saturated carbocycles. The average Bonchev–Trinajstić information content (AvgIpc) is 2.17. The van der Waals surface area contributed by atoms with E-state index in [1.54, 1.807) is 0 Å². The van der Waals surface area contributed by atoms with Crippen molar-refractivity contribution in [3.05, 3.63) is 34.9 Å². The zero-order chi connectivity index (χ0) is 10.7. The first-order valence-electron chi connectivity index (χ1n) is 5.67. The predicted octanol–water partition coefficient (Wildman–Crippen LogP) is 1.72. The zero-order valence-electron chi connectivity index (χ0n) is 9.66. The minimum Gasteiger partial charge on any atom is -0.296 e. The molecule has 2 rings (SSSR count). The largest absolute Gasteiger partial charge is 0.296 e. The Balaban J connectivity index is 2.02. The molecule has 2 nitrogen and oxygen atoms in total. The van der Waals surface area contributed by atoms with Gasteiger partial charge < -0.3 is 0 Å². The van der Waals surface area contributed by atoms with Gasteiger partial charge in [-0.25, -0.2) is 5.32 Å². The summed E-state index contributed by atoms with van der Waals surface area (Å²) in [6.07, 6.45) is 0. The van der Waals surface area contributed by atoms with Gasteiger partial charge in [-0.3, -0.25) is 4.90 Å². The van der Waals surface area contributed by atoms with Crippen molar-refractivity contribution in [2.75, 3.05) is 26.2 Å². The summed E-state index contributed by atoms with van der Waals surface area (Å²) in [5.41, 5.74) is 4.17. The van der Waals surface area contributed by atoms with Gasteiger partial charge >= 0.3 is 0 Å². The normalized spacial score (nSPS) is 18.0. The zero-order valence-corrected chi connectivity index (χ0v) is 9.66. The van der Waals surface area contributed by atoms with E-state index in [0.29, 0.717) is 0 Å². The van der Waals surface area contributed by atoms with Crippen molar-refractivity contribution in [3.8, 4) is 0 Å². The third-order valence-electron chi connectivity index (χ3n) is 2.84. The Morgan fingerprint density at radius 2 is 1.67 bits per heavy atom. The summed E-state index contributed by atoms with van der Waals surface area (Å²) in [5, 5.41) is 4.36. The quantitative estimate of drug-likeness (QED) is 0.715. The lowest BCUT2D eigenvalue weighted by Crippen LogP contribution is -2.39. The van der Waals surface area contributed by atoms with Crippen LogP contribution in [-0.4, -0.2) is 31.1 Å². The van der Waals surface area contributed by atoms with E-state index >= 15 is 0 Å². The Hall–Kier alpha value is -0.860. The Morgan fingerprint density at radius 3 is 2.27 bits per heavy atom. The van der Waals surface area contributed by atoms with Crippen LogP contribution in [0.4, 0.5) is 0 Å². The Morgan fingerprint density at radius 1 is 1.07 bits per heavy atom. The van der Waals surface area contributed by atoms with Crippen LogP contribution < -0.4 is 5.32 Å². The molecule has 1 radical (unpaired) electrons. The number of piperazine rings is 1. The fraction of sp³-hybridized carbons (Fsp3) is 0.538.